The van der Waals surface area contributed by atoms with E-state index in [1.54, 1.807) is 30.3 Å². The molecule has 0 aliphatic rings. The molecule has 0 unspecified atom stereocenters. The molecule has 172 valence electrons. The molecule has 3 aromatic rings. The molecule has 0 aliphatic heterocycles. The number of aryl methyl sites for hydroxylation is 1. The molecule has 0 atom stereocenters. The van der Waals surface area contributed by atoms with Crippen LogP contribution in [-0.4, -0.2) is 10.8 Å². The number of carbonyl (C=O) groups excluding carboxylic acids is 1. The van der Waals surface area contributed by atoms with Crippen molar-refractivity contribution in [2.24, 2.45) is 0 Å². The highest BCUT2D eigenvalue weighted by Gasteiger charge is 2.14. The molecule has 1 amide bonds. The zero-order valence-corrected chi connectivity index (χ0v) is 21.4. The summed E-state index contributed by atoms with van der Waals surface area (Å²) in [7, 11) is 0. The molecule has 1 N–H and O–H groups in total. The number of rotatable bonds is 7. The van der Waals surface area contributed by atoms with Crippen molar-refractivity contribution in [3.05, 3.63) is 101 Å². The summed E-state index contributed by atoms with van der Waals surface area (Å²) in [6.07, 6.45) is 1.49. The van der Waals surface area contributed by atoms with E-state index < -0.39 is 10.8 Å². The van der Waals surface area contributed by atoms with E-state index in [4.69, 9.17) is 4.74 Å². The number of amides is 1. The van der Waals surface area contributed by atoms with Gasteiger partial charge in [0.25, 0.3) is 11.6 Å². The largest absolute Gasteiger partial charge is 0.487 e. The van der Waals surface area contributed by atoms with Crippen LogP contribution in [0.1, 0.15) is 22.3 Å². The summed E-state index contributed by atoms with van der Waals surface area (Å²) in [5.74, 6) is -0.0172. The molecule has 0 fully saturated rings. The Kier molecular flexibility index (Phi) is 8.21. The van der Waals surface area contributed by atoms with Crippen molar-refractivity contribution in [3.8, 4) is 11.8 Å². The average Bonchev–Trinajstić information content (AvgIpc) is 2.80. The summed E-state index contributed by atoms with van der Waals surface area (Å²) in [6, 6.07) is 17.2. The van der Waals surface area contributed by atoms with Crippen LogP contribution in [0.2, 0.25) is 0 Å². The Morgan fingerprint density at radius 3 is 2.47 bits per heavy atom. The predicted molar refractivity (Wildman–Crippen MR) is 137 cm³/mol. The van der Waals surface area contributed by atoms with E-state index in [9.17, 15) is 20.2 Å². The smallest absolute Gasteiger partial charge is 0.269 e. The third-order valence-corrected chi connectivity index (χ3v) is 6.23. The maximum atomic E-state index is 12.7. The zero-order chi connectivity index (χ0) is 24.8. The monoisotopic (exact) mass is 583 g/mol. The van der Waals surface area contributed by atoms with Crippen molar-refractivity contribution in [3.63, 3.8) is 0 Å². The van der Waals surface area contributed by atoms with Gasteiger partial charge in [0.1, 0.15) is 24.0 Å². The molecule has 34 heavy (non-hydrogen) atoms. The first-order chi connectivity index (χ1) is 16.2. The van der Waals surface area contributed by atoms with Crippen LogP contribution in [0.15, 0.2) is 69.1 Å². The van der Waals surface area contributed by atoms with Gasteiger partial charge in [-0.1, -0.05) is 24.3 Å². The van der Waals surface area contributed by atoms with Gasteiger partial charge >= 0.3 is 0 Å². The van der Waals surface area contributed by atoms with Gasteiger partial charge in [-0.2, -0.15) is 5.26 Å². The van der Waals surface area contributed by atoms with Crippen molar-refractivity contribution in [2.45, 2.75) is 20.5 Å². The van der Waals surface area contributed by atoms with Crippen LogP contribution in [0.4, 0.5) is 11.4 Å². The van der Waals surface area contributed by atoms with Gasteiger partial charge in [-0.25, -0.2) is 0 Å². The summed E-state index contributed by atoms with van der Waals surface area (Å²) < 4.78 is 7.02. The molecule has 0 saturated carbocycles. The molecule has 0 aromatic heterocycles. The van der Waals surface area contributed by atoms with Gasteiger partial charge in [0.05, 0.1) is 13.9 Å². The van der Waals surface area contributed by atoms with Crippen LogP contribution in [-0.2, 0) is 11.4 Å². The Morgan fingerprint density at radius 2 is 1.82 bits per heavy atom. The van der Waals surface area contributed by atoms with Gasteiger partial charge in [-0.05, 0) is 92.2 Å². The van der Waals surface area contributed by atoms with Crippen LogP contribution in [0.5, 0.6) is 5.75 Å². The minimum atomic E-state index is -0.505. The van der Waals surface area contributed by atoms with Crippen molar-refractivity contribution in [1.29, 1.82) is 5.26 Å². The van der Waals surface area contributed by atoms with Crippen molar-refractivity contribution in [1.82, 2.24) is 0 Å². The lowest BCUT2D eigenvalue weighted by Gasteiger charge is -2.12. The maximum Gasteiger partial charge on any atom is 0.269 e. The number of nitrogens with one attached hydrogen (secondary N) is 1. The number of non-ortho nitro benzene ring substituents is 1. The van der Waals surface area contributed by atoms with E-state index in [1.165, 1.54) is 18.2 Å². The number of benzene rings is 3. The molecule has 0 aliphatic carbocycles. The molecule has 0 heterocycles. The Morgan fingerprint density at radius 1 is 1.15 bits per heavy atom. The van der Waals surface area contributed by atoms with E-state index in [-0.39, 0.29) is 17.9 Å². The normalized spacial score (nSPS) is 11.0. The molecule has 0 saturated heterocycles. The first-order valence-electron chi connectivity index (χ1n) is 10.0. The summed E-state index contributed by atoms with van der Waals surface area (Å²) in [5.41, 5.74) is 3.81. The summed E-state index contributed by atoms with van der Waals surface area (Å²) >= 11 is 6.91. The van der Waals surface area contributed by atoms with Crippen LogP contribution in [0.3, 0.4) is 0 Å². The minimum absolute atomic E-state index is 0.0112. The van der Waals surface area contributed by atoms with Crippen molar-refractivity contribution < 1.29 is 14.5 Å². The zero-order valence-electron chi connectivity index (χ0n) is 18.3. The fraction of sp³-hybridized carbons (Fsp3) is 0.120. The number of nitro benzene ring substituents is 1. The molecule has 0 bridgehead atoms. The van der Waals surface area contributed by atoms with Gasteiger partial charge in [0, 0.05) is 17.8 Å². The van der Waals surface area contributed by atoms with Crippen LogP contribution < -0.4 is 10.1 Å². The third kappa shape index (κ3) is 6.10. The highest BCUT2D eigenvalue weighted by molar-refractivity contribution is 9.11. The number of nitriles is 1. The second-order valence-corrected chi connectivity index (χ2v) is 9.11. The molecule has 3 rings (SSSR count). The van der Waals surface area contributed by atoms with Crippen LogP contribution >= 0.6 is 31.9 Å². The van der Waals surface area contributed by atoms with Crippen LogP contribution in [0, 0.1) is 35.3 Å². The second kappa shape index (κ2) is 11.1. The average molecular weight is 585 g/mol. The van der Waals surface area contributed by atoms with E-state index in [0.29, 0.717) is 31.5 Å². The molecular weight excluding hydrogens is 566 g/mol. The number of carbonyl (C=O) groups is 1. The Balaban J connectivity index is 1.79. The Bertz CT molecular complexity index is 1320. The molecule has 0 radical (unpaired) electrons. The van der Waals surface area contributed by atoms with E-state index >= 15 is 0 Å². The number of anilines is 1. The van der Waals surface area contributed by atoms with Gasteiger partial charge in [-0.3, -0.25) is 14.9 Å². The van der Waals surface area contributed by atoms with Gasteiger partial charge in [0.2, 0.25) is 0 Å². The predicted octanol–water partition coefficient (Wildman–Crippen LogP) is 6.86. The van der Waals surface area contributed by atoms with Crippen LogP contribution in [0.25, 0.3) is 6.08 Å². The van der Waals surface area contributed by atoms with E-state index in [2.05, 4.69) is 37.2 Å². The Hall–Kier alpha value is -3.48. The van der Waals surface area contributed by atoms with Gasteiger partial charge in [-0.15, -0.1) is 0 Å². The summed E-state index contributed by atoms with van der Waals surface area (Å²) in [4.78, 5) is 23.2. The number of ether oxygens (including phenoxy) is 1. The maximum absolute atomic E-state index is 12.7. The molecule has 7 nitrogen and oxygen atoms in total. The van der Waals surface area contributed by atoms with Gasteiger partial charge in [0.15, 0.2) is 0 Å². The van der Waals surface area contributed by atoms with Crippen molar-refractivity contribution in [2.75, 3.05) is 5.32 Å². The lowest BCUT2D eigenvalue weighted by atomic mass is 10.1. The molecule has 0 spiro atoms. The SMILES string of the molecule is Cc1cccc(NC(=O)/C(C#N)=C/c2cc(Br)c(OCc3cccc([N+](=O)[O-])c3)c(Br)c2)c1C. The highest BCUT2D eigenvalue weighted by atomic mass is 79.9. The summed E-state index contributed by atoms with van der Waals surface area (Å²) in [6.45, 7) is 3.97. The fourth-order valence-electron chi connectivity index (χ4n) is 3.11. The van der Waals surface area contributed by atoms with Crippen molar-refractivity contribution >= 4 is 55.2 Å². The number of nitro groups is 1. The molecule has 3 aromatic carbocycles. The standard InChI is InChI=1S/C25H19Br2N3O4/c1-15-5-3-8-23(16(15)2)29-25(31)19(13-28)9-18-11-21(26)24(22(27)12-18)34-14-17-6-4-7-20(10-17)30(32)33/h3-12H,14H2,1-2H3,(H,29,31)/b19-9+. The first kappa shape index (κ1) is 25.1. The second-order valence-electron chi connectivity index (χ2n) is 7.40. The topological polar surface area (TPSA) is 105 Å². The third-order valence-electron chi connectivity index (χ3n) is 5.05. The fourth-order valence-corrected chi connectivity index (χ4v) is 4.56. The number of halogens is 2. The Labute approximate surface area is 213 Å². The quantitative estimate of drug-likeness (QED) is 0.141. The molecule has 9 heteroatoms. The number of nitrogens with zero attached hydrogens (tertiary/aromatic N) is 2. The first-order valence-corrected chi connectivity index (χ1v) is 11.6. The summed E-state index contributed by atoms with van der Waals surface area (Å²) in [5, 5.41) is 23.3. The highest BCUT2D eigenvalue weighted by Crippen LogP contribution is 2.36. The minimum Gasteiger partial charge on any atom is -0.487 e. The number of hydrogen-bond acceptors (Lipinski definition) is 5. The lowest BCUT2D eigenvalue weighted by Crippen LogP contribution is -2.14. The van der Waals surface area contributed by atoms with Gasteiger partial charge < -0.3 is 10.1 Å². The molecular formula is C25H19Br2N3O4. The van der Waals surface area contributed by atoms with E-state index in [1.807, 2.05) is 32.0 Å². The lowest BCUT2D eigenvalue weighted by molar-refractivity contribution is -0.384. The number of hydrogen-bond donors (Lipinski definition) is 1. The van der Waals surface area contributed by atoms with E-state index in [0.717, 1.165) is 11.1 Å².